The van der Waals surface area contributed by atoms with E-state index in [0.717, 1.165) is 0 Å². The molecule has 0 saturated heterocycles. The molecule has 35 heavy (non-hydrogen) atoms. The number of likely N-dealkylation sites (N-methyl/N-ethyl adjacent to an activating group) is 1. The second-order valence-electron chi connectivity index (χ2n) is 8.42. The molecule has 10 heteroatoms. The lowest BCUT2D eigenvalue weighted by atomic mass is 10.1. The minimum Gasteiger partial charge on any atom is -0.493 e. The van der Waals surface area contributed by atoms with Gasteiger partial charge >= 0.3 is 0 Å². The lowest BCUT2D eigenvalue weighted by Crippen LogP contribution is -2.45. The molecule has 0 bridgehead atoms. The molecule has 3 aromatic rings. The number of methoxy groups -OCH3 is 2. The third-order valence-electron chi connectivity index (χ3n) is 6.07. The molecule has 1 aliphatic heterocycles. The van der Waals surface area contributed by atoms with Crippen LogP contribution in [0.25, 0.3) is 10.9 Å². The number of fused-ring (bicyclic) bond motifs is 2. The number of nitrogens with one attached hydrogen (secondary N) is 2. The van der Waals surface area contributed by atoms with E-state index in [-0.39, 0.29) is 42.9 Å². The van der Waals surface area contributed by atoms with Crippen molar-refractivity contribution in [2.75, 3.05) is 37.5 Å². The minimum absolute atomic E-state index is 0.0943. The first-order valence-corrected chi connectivity index (χ1v) is 11.4. The van der Waals surface area contributed by atoms with Gasteiger partial charge in [-0.1, -0.05) is 19.1 Å². The van der Waals surface area contributed by atoms with Crippen LogP contribution in [0.5, 0.6) is 11.5 Å². The summed E-state index contributed by atoms with van der Waals surface area (Å²) in [5, 5.41) is 3.26. The number of hydrogen-bond donors (Lipinski definition) is 2. The highest BCUT2D eigenvalue weighted by molar-refractivity contribution is 6.04. The van der Waals surface area contributed by atoms with E-state index < -0.39 is 0 Å². The minimum atomic E-state index is -0.300. The smallest absolute Gasteiger partial charge is 0.258 e. The Kier molecular flexibility index (Phi) is 7.02. The summed E-state index contributed by atoms with van der Waals surface area (Å²) in [5.74, 6) is 1.09. The first kappa shape index (κ1) is 24.2. The van der Waals surface area contributed by atoms with Gasteiger partial charge in [0.1, 0.15) is 5.82 Å². The maximum Gasteiger partial charge on any atom is 0.258 e. The van der Waals surface area contributed by atoms with Gasteiger partial charge in [0.05, 0.1) is 49.6 Å². The van der Waals surface area contributed by atoms with Crippen LogP contribution in [0.4, 0.5) is 11.4 Å². The third kappa shape index (κ3) is 4.97. The monoisotopic (exact) mass is 479 g/mol. The second kappa shape index (κ2) is 10.1. The van der Waals surface area contributed by atoms with Gasteiger partial charge in [-0.25, -0.2) is 4.98 Å². The number of ether oxygens (including phenoxy) is 2. The van der Waals surface area contributed by atoms with Crippen LogP contribution in [0.3, 0.4) is 0 Å². The molecular weight excluding hydrogens is 450 g/mol. The number of carbonyl (C=O) groups is 2. The number of carbonyl (C=O) groups excluding carboxylic acids is 2. The molecule has 2 aromatic carbocycles. The van der Waals surface area contributed by atoms with Crippen molar-refractivity contribution in [3.63, 3.8) is 0 Å². The molecule has 2 N–H and O–H groups in total. The summed E-state index contributed by atoms with van der Waals surface area (Å²) in [6, 6.07) is 10.2. The third-order valence-corrected chi connectivity index (χ3v) is 6.07. The van der Waals surface area contributed by atoms with E-state index in [2.05, 4.69) is 15.3 Å². The molecule has 0 aliphatic carbocycles. The molecule has 0 saturated carbocycles. The van der Waals surface area contributed by atoms with Crippen molar-refractivity contribution >= 4 is 34.1 Å². The van der Waals surface area contributed by atoms with Gasteiger partial charge in [0.15, 0.2) is 11.5 Å². The SMILES string of the molecule is CCN(CC(=O)N1c2ccccc2NC(=O)CC1C)Cc1nc2cc(OC)c(OC)cc2c(=O)[nH]1. The highest BCUT2D eigenvalue weighted by Crippen LogP contribution is 2.32. The topological polar surface area (TPSA) is 117 Å². The van der Waals surface area contributed by atoms with Crippen LogP contribution in [-0.4, -0.2) is 60.0 Å². The molecular formula is C25H29N5O5. The van der Waals surface area contributed by atoms with Gasteiger partial charge < -0.3 is 24.7 Å². The van der Waals surface area contributed by atoms with Crippen LogP contribution in [0.1, 0.15) is 26.1 Å². The molecule has 2 amide bonds. The maximum absolute atomic E-state index is 13.4. The lowest BCUT2D eigenvalue weighted by Gasteiger charge is -2.30. The van der Waals surface area contributed by atoms with Gasteiger partial charge in [0.25, 0.3) is 5.56 Å². The molecule has 0 fully saturated rings. The van der Waals surface area contributed by atoms with Crippen molar-refractivity contribution in [3.8, 4) is 11.5 Å². The average Bonchev–Trinajstić information content (AvgIpc) is 2.96. The fraction of sp³-hybridized carbons (Fsp3) is 0.360. The highest BCUT2D eigenvalue weighted by Gasteiger charge is 2.30. The predicted molar refractivity (Wildman–Crippen MR) is 133 cm³/mol. The normalized spacial score (nSPS) is 15.5. The number of H-pyrrole nitrogens is 1. The van der Waals surface area contributed by atoms with Crippen LogP contribution in [0, 0.1) is 0 Å². The van der Waals surface area contributed by atoms with Gasteiger partial charge in [0, 0.05) is 18.5 Å². The average molecular weight is 480 g/mol. The van der Waals surface area contributed by atoms with Gasteiger partial charge in [-0.3, -0.25) is 19.3 Å². The Morgan fingerprint density at radius 2 is 1.89 bits per heavy atom. The summed E-state index contributed by atoms with van der Waals surface area (Å²) in [6.45, 7) is 4.71. The number of aromatic nitrogens is 2. The Bertz CT molecular complexity index is 1320. The molecule has 1 atom stereocenters. The van der Waals surface area contributed by atoms with E-state index in [0.29, 0.717) is 46.1 Å². The fourth-order valence-electron chi connectivity index (χ4n) is 4.32. The number of rotatable bonds is 7. The number of aromatic amines is 1. The summed E-state index contributed by atoms with van der Waals surface area (Å²) >= 11 is 0. The molecule has 2 heterocycles. The van der Waals surface area contributed by atoms with Crippen molar-refractivity contribution in [1.82, 2.24) is 14.9 Å². The molecule has 0 radical (unpaired) electrons. The molecule has 1 unspecified atom stereocenters. The Hall–Kier alpha value is -3.92. The summed E-state index contributed by atoms with van der Waals surface area (Å²) in [7, 11) is 3.03. The van der Waals surface area contributed by atoms with Crippen LogP contribution in [0.15, 0.2) is 41.2 Å². The molecule has 184 valence electrons. The largest absolute Gasteiger partial charge is 0.493 e. The zero-order chi connectivity index (χ0) is 25.1. The highest BCUT2D eigenvalue weighted by atomic mass is 16.5. The van der Waals surface area contributed by atoms with Crippen LogP contribution < -0.4 is 25.2 Å². The Balaban J connectivity index is 1.59. The molecule has 0 spiro atoms. The van der Waals surface area contributed by atoms with Gasteiger partial charge in [-0.15, -0.1) is 0 Å². The fourth-order valence-corrected chi connectivity index (χ4v) is 4.32. The Morgan fingerprint density at radius 3 is 2.60 bits per heavy atom. The van der Waals surface area contributed by atoms with E-state index in [1.807, 2.05) is 36.9 Å². The van der Waals surface area contributed by atoms with E-state index in [1.54, 1.807) is 23.1 Å². The lowest BCUT2D eigenvalue weighted by molar-refractivity contribution is -0.120. The Morgan fingerprint density at radius 1 is 1.17 bits per heavy atom. The van der Waals surface area contributed by atoms with Gasteiger partial charge in [-0.2, -0.15) is 0 Å². The van der Waals surface area contributed by atoms with Gasteiger partial charge in [0.2, 0.25) is 11.8 Å². The summed E-state index contributed by atoms with van der Waals surface area (Å²) in [5.41, 5.74) is 1.46. The molecule has 1 aliphatic rings. The molecule has 1 aromatic heterocycles. The quantitative estimate of drug-likeness (QED) is 0.535. The zero-order valence-corrected chi connectivity index (χ0v) is 20.3. The number of para-hydroxylation sites is 2. The van der Waals surface area contributed by atoms with E-state index in [4.69, 9.17) is 9.47 Å². The van der Waals surface area contributed by atoms with Crippen molar-refractivity contribution in [2.24, 2.45) is 0 Å². The second-order valence-corrected chi connectivity index (χ2v) is 8.42. The molecule has 10 nitrogen and oxygen atoms in total. The van der Waals surface area contributed by atoms with E-state index in [1.165, 1.54) is 14.2 Å². The van der Waals surface area contributed by atoms with Crippen LogP contribution >= 0.6 is 0 Å². The van der Waals surface area contributed by atoms with E-state index in [9.17, 15) is 14.4 Å². The predicted octanol–water partition coefficient (Wildman–Crippen LogP) is 2.53. The van der Waals surface area contributed by atoms with Crippen LogP contribution in [-0.2, 0) is 16.1 Å². The number of benzene rings is 2. The van der Waals surface area contributed by atoms with Gasteiger partial charge in [-0.05, 0) is 31.7 Å². The summed E-state index contributed by atoms with van der Waals surface area (Å²) in [4.78, 5) is 49.4. The van der Waals surface area contributed by atoms with Crippen molar-refractivity contribution < 1.29 is 19.1 Å². The number of nitrogens with zero attached hydrogens (tertiary/aromatic N) is 3. The number of amides is 2. The summed E-state index contributed by atoms with van der Waals surface area (Å²) in [6.07, 6.45) is 0.206. The first-order chi connectivity index (χ1) is 16.8. The first-order valence-electron chi connectivity index (χ1n) is 11.4. The van der Waals surface area contributed by atoms with Crippen molar-refractivity contribution in [2.45, 2.75) is 32.9 Å². The zero-order valence-electron chi connectivity index (χ0n) is 20.3. The van der Waals surface area contributed by atoms with Crippen molar-refractivity contribution in [1.29, 1.82) is 0 Å². The maximum atomic E-state index is 13.4. The Labute approximate surface area is 202 Å². The number of hydrogen-bond acceptors (Lipinski definition) is 7. The van der Waals surface area contributed by atoms with E-state index >= 15 is 0 Å². The standard InChI is InChI=1S/C25H29N5O5/c1-5-29(13-22-26-18-12-21(35-4)20(34-3)11-16(18)25(33)28-22)14-24(32)30-15(2)10-23(31)27-17-8-6-7-9-19(17)30/h6-9,11-12,15H,5,10,13-14H2,1-4H3,(H,27,31)(H,26,28,33). The van der Waals surface area contributed by atoms with Crippen molar-refractivity contribution in [3.05, 3.63) is 52.6 Å². The molecule has 4 rings (SSSR count). The number of anilines is 2. The van der Waals surface area contributed by atoms with Crippen LogP contribution in [0.2, 0.25) is 0 Å². The summed E-state index contributed by atoms with van der Waals surface area (Å²) < 4.78 is 10.6.